The van der Waals surface area contributed by atoms with Crippen molar-refractivity contribution in [1.82, 2.24) is 0 Å². The van der Waals surface area contributed by atoms with Crippen molar-refractivity contribution >= 4 is 27.3 Å². The van der Waals surface area contributed by atoms with Gasteiger partial charge in [-0.05, 0) is 87.1 Å². The number of fused-ring (bicyclic) bond motifs is 1. The van der Waals surface area contributed by atoms with Crippen LogP contribution in [0.5, 0.6) is 0 Å². The lowest BCUT2D eigenvalue weighted by molar-refractivity contribution is -0.120. The number of nitrogens with zero attached hydrogens (tertiary/aromatic N) is 1. The van der Waals surface area contributed by atoms with E-state index in [1.165, 1.54) is 0 Å². The van der Waals surface area contributed by atoms with Gasteiger partial charge >= 0.3 is 0 Å². The van der Waals surface area contributed by atoms with Crippen molar-refractivity contribution in [3.05, 3.63) is 53.1 Å². The van der Waals surface area contributed by atoms with Crippen LogP contribution in [0.4, 0.5) is 11.4 Å². The molecule has 1 amide bonds. The first kappa shape index (κ1) is 18.0. The fourth-order valence-corrected chi connectivity index (χ4v) is 4.76. The predicted octanol–water partition coefficient (Wildman–Crippen LogP) is 3.79. The normalized spacial score (nSPS) is 19.1. The van der Waals surface area contributed by atoms with Crippen LogP contribution in [0.3, 0.4) is 0 Å². The summed E-state index contributed by atoms with van der Waals surface area (Å²) in [5.41, 5.74) is 4.47. The Morgan fingerprint density at radius 1 is 1.07 bits per heavy atom. The number of benzene rings is 2. The van der Waals surface area contributed by atoms with Crippen molar-refractivity contribution in [2.75, 3.05) is 9.62 Å². The van der Waals surface area contributed by atoms with Crippen LogP contribution < -0.4 is 9.62 Å². The molecule has 0 saturated heterocycles. The van der Waals surface area contributed by atoms with Crippen LogP contribution in [0.1, 0.15) is 36.5 Å². The molecular weight excluding hydrogens is 360 g/mol. The number of aryl methyl sites for hydroxylation is 2. The van der Waals surface area contributed by atoms with Gasteiger partial charge in [-0.3, -0.25) is 9.52 Å². The predicted molar refractivity (Wildman–Crippen MR) is 107 cm³/mol. The summed E-state index contributed by atoms with van der Waals surface area (Å²) in [7, 11) is -3.68. The van der Waals surface area contributed by atoms with Gasteiger partial charge in [0.05, 0.1) is 4.90 Å². The van der Waals surface area contributed by atoms with E-state index in [1.54, 1.807) is 24.3 Å². The number of carbonyl (C=O) groups is 1. The monoisotopic (exact) mass is 384 g/mol. The molecule has 0 radical (unpaired) electrons. The van der Waals surface area contributed by atoms with Crippen molar-refractivity contribution in [2.45, 2.75) is 51.0 Å². The van der Waals surface area contributed by atoms with E-state index >= 15 is 0 Å². The molecule has 1 aliphatic carbocycles. The molecule has 142 valence electrons. The maximum absolute atomic E-state index is 12.8. The molecule has 5 nitrogen and oxygen atoms in total. The Labute approximate surface area is 160 Å². The molecule has 1 heterocycles. The highest BCUT2D eigenvalue weighted by Crippen LogP contribution is 2.39. The molecule has 27 heavy (non-hydrogen) atoms. The lowest BCUT2D eigenvalue weighted by atomic mass is 10.1. The quantitative estimate of drug-likeness (QED) is 0.872. The molecule has 2 aromatic carbocycles. The summed E-state index contributed by atoms with van der Waals surface area (Å²) in [6, 6.07) is 10.6. The van der Waals surface area contributed by atoms with Crippen LogP contribution in [-0.4, -0.2) is 20.4 Å². The Morgan fingerprint density at radius 3 is 2.48 bits per heavy atom. The van der Waals surface area contributed by atoms with Crippen LogP contribution in [0.25, 0.3) is 0 Å². The average molecular weight is 385 g/mol. The smallest absolute Gasteiger partial charge is 0.261 e. The first-order valence-corrected chi connectivity index (χ1v) is 10.8. The summed E-state index contributed by atoms with van der Waals surface area (Å²) >= 11 is 0. The van der Waals surface area contributed by atoms with E-state index in [9.17, 15) is 13.2 Å². The minimum atomic E-state index is -3.68. The van der Waals surface area contributed by atoms with Gasteiger partial charge in [0.2, 0.25) is 5.91 Å². The van der Waals surface area contributed by atoms with Gasteiger partial charge in [-0.15, -0.1) is 0 Å². The molecule has 0 spiro atoms. The molecule has 6 heteroatoms. The largest absolute Gasteiger partial charge is 0.309 e. The zero-order chi connectivity index (χ0) is 19.3. The maximum atomic E-state index is 12.8. The van der Waals surface area contributed by atoms with E-state index in [0.29, 0.717) is 12.1 Å². The summed E-state index contributed by atoms with van der Waals surface area (Å²) < 4.78 is 28.3. The van der Waals surface area contributed by atoms with E-state index in [0.717, 1.165) is 35.2 Å². The number of anilines is 2. The number of sulfonamides is 1. The topological polar surface area (TPSA) is 66.5 Å². The van der Waals surface area contributed by atoms with Crippen LogP contribution in [0.15, 0.2) is 41.3 Å². The zero-order valence-electron chi connectivity index (χ0n) is 15.8. The lowest BCUT2D eigenvalue weighted by Crippen LogP contribution is -2.36. The maximum Gasteiger partial charge on any atom is 0.261 e. The molecule has 1 N–H and O–H groups in total. The van der Waals surface area contributed by atoms with E-state index < -0.39 is 10.0 Å². The van der Waals surface area contributed by atoms with E-state index in [4.69, 9.17) is 0 Å². The Bertz CT molecular complexity index is 1030. The second-order valence-electron chi connectivity index (χ2n) is 7.73. The van der Waals surface area contributed by atoms with Crippen LogP contribution in [0, 0.1) is 19.8 Å². The van der Waals surface area contributed by atoms with Gasteiger partial charge in [0, 0.05) is 23.3 Å². The molecule has 1 fully saturated rings. The van der Waals surface area contributed by atoms with E-state index in [-0.39, 0.29) is 22.8 Å². The molecule has 0 aromatic heterocycles. The fraction of sp³-hybridized carbons (Fsp3) is 0.381. The second-order valence-corrected chi connectivity index (χ2v) is 9.41. The van der Waals surface area contributed by atoms with Crippen LogP contribution >= 0.6 is 0 Å². The van der Waals surface area contributed by atoms with Gasteiger partial charge < -0.3 is 4.90 Å². The molecule has 1 unspecified atom stereocenters. The minimum Gasteiger partial charge on any atom is -0.309 e. The number of hydrogen-bond acceptors (Lipinski definition) is 3. The summed E-state index contributed by atoms with van der Waals surface area (Å²) in [5.74, 6) is 0.318. The number of hydrogen-bond donors (Lipinski definition) is 1. The minimum absolute atomic E-state index is 0.0683. The molecule has 4 rings (SSSR count). The van der Waals surface area contributed by atoms with Crippen molar-refractivity contribution in [3.8, 4) is 0 Å². The molecule has 1 atom stereocenters. The van der Waals surface area contributed by atoms with Crippen LogP contribution in [0.2, 0.25) is 0 Å². The van der Waals surface area contributed by atoms with Gasteiger partial charge in [0.15, 0.2) is 0 Å². The van der Waals surface area contributed by atoms with Gasteiger partial charge in [0.25, 0.3) is 10.0 Å². The van der Waals surface area contributed by atoms with Crippen molar-refractivity contribution < 1.29 is 13.2 Å². The Hall–Kier alpha value is -2.34. The third-order valence-electron chi connectivity index (χ3n) is 5.50. The summed E-state index contributed by atoms with van der Waals surface area (Å²) in [5, 5.41) is 0. The second kappa shape index (κ2) is 6.37. The summed E-state index contributed by atoms with van der Waals surface area (Å²) in [6.07, 6.45) is 2.61. The van der Waals surface area contributed by atoms with Crippen molar-refractivity contribution in [2.24, 2.45) is 5.92 Å². The first-order chi connectivity index (χ1) is 12.8. The Morgan fingerprint density at radius 2 is 1.81 bits per heavy atom. The number of rotatable bonds is 4. The third kappa shape index (κ3) is 3.34. The Balaban J connectivity index is 1.62. The SMILES string of the molecule is Cc1ccc(NS(=O)(=O)c2ccc3c(c2)CC(C)N3C(=O)C2CC2)cc1C. The van der Waals surface area contributed by atoms with Crippen LogP contribution in [-0.2, 0) is 21.2 Å². The number of carbonyl (C=O) groups excluding carboxylic acids is 1. The molecule has 0 bridgehead atoms. The molecule has 2 aliphatic rings. The molecule has 2 aromatic rings. The summed E-state index contributed by atoms with van der Waals surface area (Å²) in [4.78, 5) is 14.6. The molecular formula is C21H24N2O3S. The van der Waals surface area contributed by atoms with Gasteiger partial charge in [-0.1, -0.05) is 6.07 Å². The highest BCUT2D eigenvalue weighted by Gasteiger charge is 2.39. The highest BCUT2D eigenvalue weighted by molar-refractivity contribution is 7.92. The first-order valence-electron chi connectivity index (χ1n) is 9.32. The third-order valence-corrected chi connectivity index (χ3v) is 6.88. The van der Waals surface area contributed by atoms with Gasteiger partial charge in [0.1, 0.15) is 0 Å². The molecule has 1 aliphatic heterocycles. The van der Waals surface area contributed by atoms with E-state index in [1.807, 2.05) is 37.8 Å². The number of nitrogens with one attached hydrogen (secondary N) is 1. The highest BCUT2D eigenvalue weighted by atomic mass is 32.2. The lowest BCUT2D eigenvalue weighted by Gasteiger charge is -2.22. The fourth-order valence-electron chi connectivity index (χ4n) is 3.66. The summed E-state index contributed by atoms with van der Waals surface area (Å²) in [6.45, 7) is 5.96. The number of amides is 1. The van der Waals surface area contributed by atoms with Gasteiger partial charge in [-0.25, -0.2) is 8.42 Å². The van der Waals surface area contributed by atoms with Gasteiger partial charge in [-0.2, -0.15) is 0 Å². The standard InChI is InChI=1S/C21H24N2O3S/c1-13-4-7-18(10-14(13)2)22-27(25,26)19-8-9-20-17(12-19)11-15(3)23(20)21(24)16-5-6-16/h4,7-10,12,15-16,22H,5-6,11H2,1-3H3. The van der Waals surface area contributed by atoms with Crippen molar-refractivity contribution in [1.29, 1.82) is 0 Å². The zero-order valence-corrected chi connectivity index (χ0v) is 16.6. The Kier molecular flexibility index (Phi) is 4.26. The van der Waals surface area contributed by atoms with E-state index in [2.05, 4.69) is 4.72 Å². The van der Waals surface area contributed by atoms with Crippen molar-refractivity contribution in [3.63, 3.8) is 0 Å². The average Bonchev–Trinajstić information content (AvgIpc) is 3.39. The molecule has 1 saturated carbocycles.